The van der Waals surface area contributed by atoms with Crippen molar-refractivity contribution in [2.75, 3.05) is 39.8 Å². The van der Waals surface area contributed by atoms with Crippen molar-refractivity contribution < 1.29 is 33.3 Å². The second-order valence-electron chi connectivity index (χ2n) is 11.0. The van der Waals surface area contributed by atoms with Crippen molar-refractivity contribution in [3.63, 3.8) is 0 Å². The summed E-state index contributed by atoms with van der Waals surface area (Å²) in [5.41, 5.74) is 0.618. The number of nitrogens with one attached hydrogen (secondary N) is 1. The number of piperidine rings is 2. The number of allylic oxidation sites excluding steroid dienone is 1. The normalized spacial score (nSPS) is 35.8. The van der Waals surface area contributed by atoms with Crippen molar-refractivity contribution in [3.8, 4) is 11.5 Å². The lowest BCUT2D eigenvalue weighted by molar-refractivity contribution is -0.191. The van der Waals surface area contributed by atoms with Crippen LogP contribution in [0.15, 0.2) is 54.1 Å². The van der Waals surface area contributed by atoms with Gasteiger partial charge in [-0.3, -0.25) is 9.69 Å². The number of methoxy groups -OCH3 is 3. The quantitative estimate of drug-likeness (QED) is 0.443. The summed E-state index contributed by atoms with van der Waals surface area (Å²) in [6, 6.07) is 13.1. The van der Waals surface area contributed by atoms with E-state index in [1.54, 1.807) is 18.2 Å². The smallest absolute Gasteiger partial charge is 0.338 e. The second-order valence-corrected chi connectivity index (χ2v) is 11.0. The molecule has 0 amide bonds. The third-order valence-electron chi connectivity index (χ3n) is 9.98. The molecule has 5 aliphatic rings. The third kappa shape index (κ3) is 2.72. The molecule has 4 fully saturated rings. The van der Waals surface area contributed by atoms with Crippen LogP contribution >= 0.6 is 0 Å². The predicted molar refractivity (Wildman–Crippen MR) is 141 cm³/mol. The average molecular weight is 533 g/mol. The van der Waals surface area contributed by atoms with E-state index < -0.39 is 22.5 Å². The van der Waals surface area contributed by atoms with E-state index in [0.29, 0.717) is 36.4 Å². The maximum atomic E-state index is 14.3. The highest BCUT2D eigenvalue weighted by atomic mass is 16.6. The topological polar surface area (TPSA) is 95.6 Å². The fourth-order valence-electron chi connectivity index (χ4n) is 8.52. The van der Waals surface area contributed by atoms with Crippen LogP contribution in [0.2, 0.25) is 0 Å². The number of hydrogen-bond acceptors (Lipinski definition) is 9. The van der Waals surface area contributed by atoms with Crippen LogP contribution in [0.1, 0.15) is 35.7 Å². The van der Waals surface area contributed by atoms with Gasteiger partial charge in [0.25, 0.3) is 0 Å². The van der Waals surface area contributed by atoms with Gasteiger partial charge >= 0.3 is 11.9 Å². The van der Waals surface area contributed by atoms with Crippen molar-refractivity contribution in [1.29, 1.82) is 0 Å². The van der Waals surface area contributed by atoms with E-state index in [9.17, 15) is 9.59 Å². The van der Waals surface area contributed by atoms with Gasteiger partial charge in [0.2, 0.25) is 0 Å². The number of carbonyl (C=O) groups is 2. The lowest BCUT2D eigenvalue weighted by Gasteiger charge is -2.64. The molecule has 2 aromatic rings. The number of para-hydroxylation sites is 1. The van der Waals surface area contributed by atoms with Crippen LogP contribution in [0.4, 0.5) is 5.69 Å². The molecule has 1 aliphatic carbocycles. The molecule has 9 nitrogen and oxygen atoms in total. The summed E-state index contributed by atoms with van der Waals surface area (Å²) in [4.78, 5) is 30.3. The first-order valence-corrected chi connectivity index (χ1v) is 13.3. The molecule has 1 saturated carbocycles. The van der Waals surface area contributed by atoms with E-state index in [-0.39, 0.29) is 30.8 Å². The van der Waals surface area contributed by atoms with Crippen LogP contribution < -0.4 is 14.8 Å². The third-order valence-corrected chi connectivity index (χ3v) is 9.98. The minimum atomic E-state index is -1.20. The Morgan fingerprint density at radius 1 is 1.13 bits per heavy atom. The van der Waals surface area contributed by atoms with Crippen molar-refractivity contribution in [3.05, 3.63) is 65.2 Å². The van der Waals surface area contributed by atoms with E-state index in [4.69, 9.17) is 23.7 Å². The number of ether oxygens (including phenoxy) is 5. The second kappa shape index (κ2) is 8.22. The standard InChI is InChI=1S/C30H32N2O7/c1-5-17-15-32-24-13-20(17)28(27(34)37-4,16-38-26(33)18-10-11-22(35-2)23(12-18)36-3)29-14-25(32)39-30(24,29)31-21-9-7-6-8-19(21)29/h5-12,20,24-25,31H,13-16H2,1-4H3/b17-5-/t20-,24+,25-,28?,29+,30+/m1/s1. The van der Waals surface area contributed by atoms with Crippen LogP contribution in [0.3, 0.4) is 0 Å². The van der Waals surface area contributed by atoms with Gasteiger partial charge in [-0.05, 0) is 43.2 Å². The van der Waals surface area contributed by atoms with Crippen molar-refractivity contribution in [2.24, 2.45) is 11.3 Å². The van der Waals surface area contributed by atoms with E-state index in [1.807, 2.05) is 25.1 Å². The van der Waals surface area contributed by atoms with E-state index in [2.05, 4.69) is 22.4 Å². The summed E-state index contributed by atoms with van der Waals surface area (Å²) in [6.45, 7) is 2.57. The number of esters is 2. The molecule has 7 rings (SSSR count). The molecule has 0 aromatic heterocycles. The SMILES string of the molecule is C/C=C1/CN2[C@H]3C[C@H]1C(COC(=O)c1ccc(OC)c(OC)c1)(C(=O)OC)[C@@]14C[C@H]2O[C@@]31Nc1ccccc14. The number of nitrogens with zero attached hydrogens (tertiary/aromatic N) is 1. The van der Waals surface area contributed by atoms with Crippen LogP contribution in [0.5, 0.6) is 11.5 Å². The molecule has 4 aliphatic heterocycles. The minimum Gasteiger partial charge on any atom is -0.493 e. The molecule has 9 heteroatoms. The van der Waals surface area contributed by atoms with Gasteiger partial charge < -0.3 is 29.0 Å². The number of anilines is 1. The Hall–Kier alpha value is -3.56. The Labute approximate surface area is 227 Å². The lowest BCUT2D eigenvalue weighted by Crippen LogP contribution is -2.78. The number of carbonyl (C=O) groups excluding carboxylic acids is 2. The van der Waals surface area contributed by atoms with E-state index >= 15 is 0 Å². The van der Waals surface area contributed by atoms with Gasteiger partial charge in [0.1, 0.15) is 18.2 Å². The van der Waals surface area contributed by atoms with Crippen LogP contribution in [0.25, 0.3) is 0 Å². The molecule has 1 N–H and O–H groups in total. The zero-order chi connectivity index (χ0) is 27.2. The summed E-state index contributed by atoms with van der Waals surface area (Å²) >= 11 is 0. The summed E-state index contributed by atoms with van der Waals surface area (Å²) in [5.74, 6) is -0.177. The average Bonchev–Trinajstić information content (AvgIpc) is 3.59. The highest BCUT2D eigenvalue weighted by Gasteiger charge is 2.87. The fraction of sp³-hybridized carbons (Fsp3) is 0.467. The number of fused-ring (bicyclic) bond motifs is 4. The first-order chi connectivity index (χ1) is 18.9. The summed E-state index contributed by atoms with van der Waals surface area (Å²) in [6.07, 6.45) is 3.24. The maximum absolute atomic E-state index is 14.3. The van der Waals surface area contributed by atoms with E-state index in [0.717, 1.165) is 16.8 Å². The first-order valence-electron chi connectivity index (χ1n) is 13.3. The molecule has 3 saturated heterocycles. The zero-order valence-corrected chi connectivity index (χ0v) is 22.5. The Morgan fingerprint density at radius 2 is 1.92 bits per heavy atom. The van der Waals surface area contributed by atoms with Crippen molar-refractivity contribution in [2.45, 2.75) is 43.2 Å². The number of rotatable bonds is 6. The molecule has 4 bridgehead atoms. The Kier molecular flexibility index (Phi) is 5.16. The van der Waals surface area contributed by atoms with Gasteiger partial charge in [0.15, 0.2) is 17.2 Å². The molecular formula is C30H32N2O7. The van der Waals surface area contributed by atoms with Gasteiger partial charge in [0, 0.05) is 24.6 Å². The van der Waals surface area contributed by atoms with Gasteiger partial charge in [-0.1, -0.05) is 29.8 Å². The maximum Gasteiger partial charge on any atom is 0.338 e. The molecule has 1 spiro atoms. The van der Waals surface area contributed by atoms with Crippen molar-refractivity contribution in [1.82, 2.24) is 4.90 Å². The Morgan fingerprint density at radius 3 is 2.67 bits per heavy atom. The van der Waals surface area contributed by atoms with Gasteiger partial charge in [-0.2, -0.15) is 0 Å². The van der Waals surface area contributed by atoms with Gasteiger partial charge in [-0.15, -0.1) is 0 Å². The van der Waals surface area contributed by atoms with Gasteiger partial charge in [-0.25, -0.2) is 4.79 Å². The lowest BCUT2D eigenvalue weighted by atomic mass is 9.42. The minimum absolute atomic E-state index is 0.0803. The summed E-state index contributed by atoms with van der Waals surface area (Å²) in [7, 11) is 4.47. The highest BCUT2D eigenvalue weighted by molar-refractivity contribution is 5.91. The zero-order valence-electron chi connectivity index (χ0n) is 22.5. The Balaban J connectivity index is 1.38. The summed E-state index contributed by atoms with van der Waals surface area (Å²) < 4.78 is 29.3. The largest absolute Gasteiger partial charge is 0.493 e. The van der Waals surface area contributed by atoms with E-state index in [1.165, 1.54) is 21.3 Å². The number of benzene rings is 2. The molecule has 0 radical (unpaired) electrons. The highest BCUT2D eigenvalue weighted by Crippen LogP contribution is 2.76. The van der Waals surface area contributed by atoms with Crippen LogP contribution in [-0.4, -0.2) is 69.3 Å². The molecule has 2 aromatic carbocycles. The monoisotopic (exact) mass is 532 g/mol. The molecule has 4 heterocycles. The van der Waals surface area contributed by atoms with Crippen molar-refractivity contribution >= 4 is 17.6 Å². The number of hydrogen-bond donors (Lipinski definition) is 1. The van der Waals surface area contributed by atoms with Crippen LogP contribution in [-0.2, 0) is 24.4 Å². The summed E-state index contributed by atoms with van der Waals surface area (Å²) in [5, 5.41) is 3.73. The molecular weight excluding hydrogens is 500 g/mol. The molecule has 204 valence electrons. The predicted octanol–water partition coefficient (Wildman–Crippen LogP) is 3.49. The molecule has 1 unspecified atom stereocenters. The van der Waals surface area contributed by atoms with Crippen LogP contribution in [0, 0.1) is 11.3 Å². The fourth-order valence-corrected chi connectivity index (χ4v) is 8.52. The first kappa shape index (κ1) is 24.5. The molecule has 6 atom stereocenters. The Bertz CT molecular complexity index is 1420. The molecule has 39 heavy (non-hydrogen) atoms. The van der Waals surface area contributed by atoms with Gasteiger partial charge in [0.05, 0.1) is 38.3 Å².